The fourth-order valence-electron chi connectivity index (χ4n) is 3.03. The third kappa shape index (κ3) is 5.22. The highest BCUT2D eigenvalue weighted by atomic mass is 19.4. The predicted octanol–water partition coefficient (Wildman–Crippen LogP) is 5.25. The van der Waals surface area contributed by atoms with Crippen molar-refractivity contribution in [1.29, 1.82) is 0 Å². The van der Waals surface area contributed by atoms with Crippen LogP contribution in [0.2, 0.25) is 0 Å². The van der Waals surface area contributed by atoms with Gasteiger partial charge < -0.3 is 10.6 Å². The summed E-state index contributed by atoms with van der Waals surface area (Å²) >= 11 is 0. The molecule has 0 aliphatic heterocycles. The van der Waals surface area contributed by atoms with E-state index in [4.69, 9.17) is 0 Å². The quantitative estimate of drug-likeness (QED) is 0.687. The summed E-state index contributed by atoms with van der Waals surface area (Å²) in [7, 11) is 0. The van der Waals surface area contributed by atoms with Crippen molar-refractivity contribution in [2.75, 3.05) is 10.6 Å². The molecule has 4 nitrogen and oxygen atoms in total. The smallest absolute Gasteiger partial charge is 0.326 e. The third-order valence-electron chi connectivity index (χ3n) is 4.42. The van der Waals surface area contributed by atoms with Crippen LogP contribution in [-0.4, -0.2) is 11.8 Å². The molecule has 146 valence electrons. The van der Waals surface area contributed by atoms with E-state index in [1.807, 2.05) is 6.08 Å². The molecular formula is C21H19F3N2O2. The summed E-state index contributed by atoms with van der Waals surface area (Å²) in [4.78, 5) is 24.5. The summed E-state index contributed by atoms with van der Waals surface area (Å²) in [6.45, 7) is 0. The molecule has 2 N–H and O–H groups in total. The Bertz CT molecular complexity index is 907. The van der Waals surface area contributed by atoms with Gasteiger partial charge in [-0.15, -0.1) is 0 Å². The first-order chi connectivity index (χ1) is 13.3. The molecule has 7 heteroatoms. The maximum Gasteiger partial charge on any atom is 0.416 e. The first-order valence-electron chi connectivity index (χ1n) is 8.86. The van der Waals surface area contributed by atoms with Crippen molar-refractivity contribution >= 4 is 23.2 Å². The molecule has 0 spiro atoms. The average molecular weight is 388 g/mol. The lowest BCUT2D eigenvalue weighted by Crippen LogP contribution is -2.16. The van der Waals surface area contributed by atoms with Gasteiger partial charge in [0.05, 0.1) is 5.56 Å². The Labute approximate surface area is 160 Å². The van der Waals surface area contributed by atoms with E-state index in [0.717, 1.165) is 25.0 Å². The molecule has 0 heterocycles. The van der Waals surface area contributed by atoms with Crippen LogP contribution in [0.1, 0.15) is 35.2 Å². The van der Waals surface area contributed by atoms with Gasteiger partial charge in [-0.2, -0.15) is 13.2 Å². The second-order valence-electron chi connectivity index (χ2n) is 6.63. The number of nitrogens with one attached hydrogen (secondary N) is 2. The van der Waals surface area contributed by atoms with E-state index in [1.165, 1.54) is 24.3 Å². The van der Waals surface area contributed by atoms with Crippen molar-refractivity contribution in [2.24, 2.45) is 5.92 Å². The molecule has 2 aromatic rings. The Morgan fingerprint density at radius 2 is 1.71 bits per heavy atom. The molecule has 0 aromatic heterocycles. The molecule has 0 radical (unpaired) electrons. The highest BCUT2D eigenvalue weighted by molar-refractivity contribution is 6.05. The second kappa shape index (κ2) is 8.29. The molecule has 0 saturated heterocycles. The molecule has 1 atom stereocenters. The van der Waals surface area contributed by atoms with Gasteiger partial charge in [-0.25, -0.2) is 0 Å². The number of rotatable bonds is 5. The first kappa shape index (κ1) is 19.7. The molecule has 3 rings (SSSR count). The van der Waals surface area contributed by atoms with Crippen molar-refractivity contribution in [3.8, 4) is 0 Å². The Morgan fingerprint density at radius 1 is 1.00 bits per heavy atom. The number of carbonyl (C=O) groups is 2. The summed E-state index contributed by atoms with van der Waals surface area (Å²) in [5.41, 5.74) is -0.103. The number of hydrogen-bond acceptors (Lipinski definition) is 2. The molecular weight excluding hydrogens is 369 g/mol. The van der Waals surface area contributed by atoms with Gasteiger partial charge in [-0.05, 0) is 55.2 Å². The van der Waals surface area contributed by atoms with E-state index in [1.54, 1.807) is 12.1 Å². The van der Waals surface area contributed by atoms with Crippen LogP contribution in [0.25, 0.3) is 0 Å². The Morgan fingerprint density at radius 3 is 2.39 bits per heavy atom. The van der Waals surface area contributed by atoms with E-state index >= 15 is 0 Å². The summed E-state index contributed by atoms with van der Waals surface area (Å²) in [5.74, 6) is -0.478. The highest BCUT2D eigenvalue weighted by Crippen LogP contribution is 2.30. The number of benzene rings is 2. The predicted molar refractivity (Wildman–Crippen MR) is 101 cm³/mol. The summed E-state index contributed by atoms with van der Waals surface area (Å²) in [6.07, 6.45) is 1.89. The summed E-state index contributed by atoms with van der Waals surface area (Å²) in [6, 6.07) is 10.7. The monoisotopic (exact) mass is 388 g/mol. The standard InChI is InChI=1S/C21H19F3N2O2/c22-21(23,24)16-8-4-10-18(13-16)26-20(28)15-7-3-9-17(12-15)25-19(27)11-14-5-1-2-6-14/h1,3-5,7-10,12-14H,2,6,11H2,(H,25,27)(H,26,28)/t14-/m1/s1. The van der Waals surface area contributed by atoms with Crippen molar-refractivity contribution in [3.05, 3.63) is 71.8 Å². The molecule has 2 amide bonds. The van der Waals surface area contributed by atoms with E-state index in [-0.39, 0.29) is 23.1 Å². The van der Waals surface area contributed by atoms with Crippen LogP contribution in [0.15, 0.2) is 60.7 Å². The molecule has 0 bridgehead atoms. The van der Waals surface area contributed by atoms with Gasteiger partial charge >= 0.3 is 6.18 Å². The Hall–Kier alpha value is -3.09. The molecule has 0 unspecified atom stereocenters. The summed E-state index contributed by atoms with van der Waals surface area (Å²) < 4.78 is 38.4. The molecule has 0 fully saturated rings. The van der Waals surface area contributed by atoms with Crippen LogP contribution in [0, 0.1) is 5.92 Å². The zero-order valence-corrected chi connectivity index (χ0v) is 14.9. The van der Waals surface area contributed by atoms with Crippen molar-refractivity contribution in [1.82, 2.24) is 0 Å². The van der Waals surface area contributed by atoms with E-state index in [0.29, 0.717) is 12.1 Å². The van der Waals surface area contributed by atoms with Crippen LogP contribution in [0.4, 0.5) is 24.5 Å². The zero-order chi connectivity index (χ0) is 20.1. The minimum Gasteiger partial charge on any atom is -0.326 e. The number of amides is 2. The third-order valence-corrected chi connectivity index (χ3v) is 4.42. The number of alkyl halides is 3. The van der Waals surface area contributed by atoms with Gasteiger partial charge in [0, 0.05) is 23.4 Å². The molecule has 0 saturated carbocycles. The van der Waals surface area contributed by atoms with Gasteiger partial charge in [0.1, 0.15) is 0 Å². The number of halogens is 3. The van der Waals surface area contributed by atoms with Gasteiger partial charge in [-0.1, -0.05) is 24.3 Å². The van der Waals surface area contributed by atoms with Gasteiger partial charge in [0.25, 0.3) is 5.91 Å². The van der Waals surface area contributed by atoms with Gasteiger partial charge in [0.2, 0.25) is 5.91 Å². The van der Waals surface area contributed by atoms with Crippen molar-refractivity contribution in [2.45, 2.75) is 25.4 Å². The Kier molecular flexibility index (Phi) is 5.82. The zero-order valence-electron chi connectivity index (χ0n) is 14.9. The Balaban J connectivity index is 1.65. The number of allylic oxidation sites excluding steroid dienone is 2. The summed E-state index contributed by atoms with van der Waals surface area (Å²) in [5, 5.41) is 5.20. The SMILES string of the molecule is O=C(C[C@@H]1C=CCC1)Nc1cccc(C(=O)Nc2cccc(C(F)(F)F)c2)c1. The lowest BCUT2D eigenvalue weighted by molar-refractivity contribution is -0.137. The average Bonchev–Trinajstić information content (AvgIpc) is 3.14. The van der Waals surface area contributed by atoms with Gasteiger partial charge in [-0.3, -0.25) is 9.59 Å². The van der Waals surface area contributed by atoms with Crippen LogP contribution < -0.4 is 10.6 Å². The first-order valence-corrected chi connectivity index (χ1v) is 8.86. The number of anilines is 2. The number of carbonyl (C=O) groups excluding carboxylic acids is 2. The number of hydrogen-bond donors (Lipinski definition) is 2. The van der Waals surface area contributed by atoms with E-state index in [9.17, 15) is 22.8 Å². The van der Waals surface area contributed by atoms with Crippen molar-refractivity contribution < 1.29 is 22.8 Å². The molecule has 2 aromatic carbocycles. The van der Waals surface area contributed by atoms with Crippen LogP contribution >= 0.6 is 0 Å². The van der Waals surface area contributed by atoms with E-state index in [2.05, 4.69) is 16.7 Å². The topological polar surface area (TPSA) is 58.2 Å². The molecule has 1 aliphatic carbocycles. The highest BCUT2D eigenvalue weighted by Gasteiger charge is 2.30. The van der Waals surface area contributed by atoms with E-state index < -0.39 is 17.6 Å². The lowest BCUT2D eigenvalue weighted by atomic mass is 10.0. The fourth-order valence-corrected chi connectivity index (χ4v) is 3.03. The minimum atomic E-state index is -4.49. The van der Waals surface area contributed by atoms with Gasteiger partial charge in [0.15, 0.2) is 0 Å². The fraction of sp³-hybridized carbons (Fsp3) is 0.238. The molecule has 28 heavy (non-hydrogen) atoms. The van der Waals surface area contributed by atoms with Crippen LogP contribution in [-0.2, 0) is 11.0 Å². The maximum absolute atomic E-state index is 12.8. The lowest BCUT2D eigenvalue weighted by Gasteiger charge is -2.11. The largest absolute Gasteiger partial charge is 0.416 e. The van der Waals surface area contributed by atoms with Crippen LogP contribution in [0.5, 0.6) is 0 Å². The normalized spacial score (nSPS) is 16.0. The minimum absolute atomic E-state index is 0.0438. The van der Waals surface area contributed by atoms with Crippen molar-refractivity contribution in [3.63, 3.8) is 0 Å². The second-order valence-corrected chi connectivity index (χ2v) is 6.63. The molecule has 1 aliphatic rings. The van der Waals surface area contributed by atoms with Crippen LogP contribution in [0.3, 0.4) is 0 Å². The maximum atomic E-state index is 12.8.